The summed E-state index contributed by atoms with van der Waals surface area (Å²) in [5.74, 6) is -0.0235. The van der Waals surface area contributed by atoms with Gasteiger partial charge in [-0.15, -0.1) is 0 Å². The molecule has 0 spiro atoms. The van der Waals surface area contributed by atoms with E-state index in [0.717, 1.165) is 27.6 Å². The van der Waals surface area contributed by atoms with Crippen LogP contribution in [0, 0.1) is 0 Å². The van der Waals surface area contributed by atoms with Gasteiger partial charge < -0.3 is 9.88 Å². The molecule has 2 aromatic heterocycles. The summed E-state index contributed by atoms with van der Waals surface area (Å²) in [6, 6.07) is 16.9. The number of nitrogens with one attached hydrogen (secondary N) is 1. The third-order valence-corrected chi connectivity index (χ3v) is 8.65. The van der Waals surface area contributed by atoms with Crippen LogP contribution >= 0.6 is 0 Å². The number of aromatic nitrogens is 2. The summed E-state index contributed by atoms with van der Waals surface area (Å²) >= 11 is 0. The maximum atomic E-state index is 13.3. The molecule has 6 rings (SSSR count). The first-order valence-electron chi connectivity index (χ1n) is 11.4. The molecule has 8 heteroatoms. The van der Waals surface area contributed by atoms with Gasteiger partial charge in [-0.3, -0.25) is 14.7 Å². The fourth-order valence-electron chi connectivity index (χ4n) is 5.27. The van der Waals surface area contributed by atoms with Crippen molar-refractivity contribution in [1.82, 2.24) is 19.8 Å². The molecule has 0 radical (unpaired) electrons. The molecule has 1 N–H and O–H groups in total. The number of benzene rings is 2. The van der Waals surface area contributed by atoms with Gasteiger partial charge in [-0.25, -0.2) is 8.42 Å². The maximum Gasteiger partial charge on any atom is 0.256 e. The number of amides is 1. The molecule has 34 heavy (non-hydrogen) atoms. The molecular weight excluding hydrogens is 448 g/mol. The smallest absolute Gasteiger partial charge is 0.256 e. The molecule has 1 atom stereocenters. The Morgan fingerprint density at radius 3 is 2.47 bits per heavy atom. The van der Waals surface area contributed by atoms with Crippen LogP contribution in [0.4, 0.5) is 0 Å². The number of pyridine rings is 1. The molecule has 7 nitrogen and oxygen atoms in total. The van der Waals surface area contributed by atoms with E-state index in [1.807, 2.05) is 53.6 Å². The molecule has 4 heterocycles. The van der Waals surface area contributed by atoms with Gasteiger partial charge in [-0.2, -0.15) is 0 Å². The second-order valence-corrected chi connectivity index (χ2v) is 10.8. The van der Waals surface area contributed by atoms with Crippen LogP contribution in [0.3, 0.4) is 0 Å². The molecule has 2 aliphatic heterocycles. The topological polar surface area (TPSA) is 86.4 Å². The van der Waals surface area contributed by atoms with Crippen molar-refractivity contribution in [3.05, 3.63) is 95.4 Å². The van der Waals surface area contributed by atoms with Gasteiger partial charge in [-0.1, -0.05) is 42.5 Å². The summed E-state index contributed by atoms with van der Waals surface area (Å²) in [6.45, 7) is 2.42. The Hall–Kier alpha value is -3.49. The monoisotopic (exact) mass is 472 g/mol. The van der Waals surface area contributed by atoms with Crippen LogP contribution in [0.15, 0.2) is 78.1 Å². The molecule has 1 unspecified atom stereocenters. The minimum Gasteiger partial charge on any atom is -0.360 e. The van der Waals surface area contributed by atoms with E-state index in [2.05, 4.69) is 14.9 Å². The number of carbonyl (C=O) groups is 1. The van der Waals surface area contributed by atoms with Crippen molar-refractivity contribution in [2.24, 2.45) is 0 Å². The van der Waals surface area contributed by atoms with E-state index in [0.29, 0.717) is 36.6 Å². The summed E-state index contributed by atoms with van der Waals surface area (Å²) in [5, 5.41) is 0.874. The van der Waals surface area contributed by atoms with Gasteiger partial charge in [0.25, 0.3) is 5.91 Å². The summed E-state index contributed by atoms with van der Waals surface area (Å²) < 4.78 is 26.4. The third-order valence-electron chi connectivity index (χ3n) is 6.92. The van der Waals surface area contributed by atoms with Crippen molar-refractivity contribution >= 4 is 26.6 Å². The van der Waals surface area contributed by atoms with Crippen molar-refractivity contribution < 1.29 is 13.2 Å². The number of carbonyl (C=O) groups excluding carboxylic acids is 1. The molecule has 1 saturated heterocycles. The summed E-state index contributed by atoms with van der Waals surface area (Å²) in [7, 11) is -3.44. The fourth-order valence-corrected chi connectivity index (χ4v) is 6.92. The SMILES string of the molecule is O=C(c1cncc2[nH]ccc12)N1CCN(C2c3ccccc3CS(=O)(=O)c3ccccc32)CC1. The van der Waals surface area contributed by atoms with Crippen molar-refractivity contribution in [2.45, 2.75) is 16.7 Å². The Balaban J connectivity index is 1.32. The summed E-state index contributed by atoms with van der Waals surface area (Å²) in [4.78, 5) is 25.2. The molecule has 4 aromatic rings. The van der Waals surface area contributed by atoms with Crippen LogP contribution in [-0.2, 0) is 15.6 Å². The normalized spacial score (nSPS) is 19.9. The highest BCUT2D eigenvalue weighted by atomic mass is 32.2. The molecule has 0 saturated carbocycles. The highest BCUT2D eigenvalue weighted by Crippen LogP contribution is 2.40. The number of sulfone groups is 1. The maximum absolute atomic E-state index is 13.3. The van der Waals surface area contributed by atoms with Crippen LogP contribution in [-0.4, -0.2) is 60.3 Å². The van der Waals surface area contributed by atoms with E-state index in [1.54, 1.807) is 24.5 Å². The van der Waals surface area contributed by atoms with E-state index in [4.69, 9.17) is 0 Å². The molecule has 1 fully saturated rings. The first-order chi connectivity index (χ1) is 16.5. The van der Waals surface area contributed by atoms with Gasteiger partial charge in [-0.05, 0) is 28.8 Å². The highest BCUT2D eigenvalue weighted by molar-refractivity contribution is 7.90. The lowest BCUT2D eigenvalue weighted by Gasteiger charge is -2.40. The second-order valence-electron chi connectivity index (χ2n) is 8.85. The van der Waals surface area contributed by atoms with Gasteiger partial charge in [0, 0.05) is 44.0 Å². The van der Waals surface area contributed by atoms with E-state index in [-0.39, 0.29) is 17.7 Å². The lowest BCUT2D eigenvalue weighted by Crippen LogP contribution is -2.50. The van der Waals surface area contributed by atoms with Gasteiger partial charge in [0.1, 0.15) is 0 Å². The Labute approximate surface area is 198 Å². The fraction of sp³-hybridized carbons (Fsp3) is 0.231. The highest BCUT2D eigenvalue weighted by Gasteiger charge is 2.36. The van der Waals surface area contributed by atoms with E-state index >= 15 is 0 Å². The molecule has 0 aliphatic carbocycles. The number of hydrogen-bond acceptors (Lipinski definition) is 5. The average Bonchev–Trinajstić information content (AvgIpc) is 3.31. The number of H-pyrrole nitrogens is 1. The van der Waals surface area contributed by atoms with Gasteiger partial charge >= 0.3 is 0 Å². The van der Waals surface area contributed by atoms with Crippen LogP contribution in [0.25, 0.3) is 10.9 Å². The van der Waals surface area contributed by atoms with Crippen LogP contribution < -0.4 is 0 Å². The zero-order valence-corrected chi connectivity index (χ0v) is 19.3. The summed E-state index contributed by atoms with van der Waals surface area (Å²) in [6.07, 6.45) is 5.17. The van der Waals surface area contributed by atoms with E-state index in [9.17, 15) is 13.2 Å². The van der Waals surface area contributed by atoms with E-state index in [1.165, 1.54) is 0 Å². The molecule has 1 amide bonds. The lowest BCUT2D eigenvalue weighted by atomic mass is 9.93. The molecule has 0 bridgehead atoms. The zero-order chi connectivity index (χ0) is 23.3. The predicted molar refractivity (Wildman–Crippen MR) is 129 cm³/mol. The Bertz CT molecular complexity index is 1500. The number of hydrogen-bond donors (Lipinski definition) is 1. The van der Waals surface area contributed by atoms with Crippen molar-refractivity contribution in [3.8, 4) is 0 Å². The largest absolute Gasteiger partial charge is 0.360 e. The minimum absolute atomic E-state index is 0.00279. The molecule has 2 aliphatic rings. The van der Waals surface area contributed by atoms with Crippen molar-refractivity contribution in [3.63, 3.8) is 0 Å². The summed E-state index contributed by atoms with van der Waals surface area (Å²) in [5.41, 5.74) is 4.12. The number of piperazine rings is 1. The van der Waals surface area contributed by atoms with Gasteiger partial charge in [0.05, 0.1) is 34.0 Å². The molecule has 2 aromatic carbocycles. The van der Waals surface area contributed by atoms with Gasteiger partial charge in [0.2, 0.25) is 0 Å². The van der Waals surface area contributed by atoms with Crippen LogP contribution in [0.1, 0.15) is 33.1 Å². The second kappa shape index (κ2) is 8.07. The Morgan fingerprint density at radius 2 is 1.65 bits per heavy atom. The van der Waals surface area contributed by atoms with E-state index < -0.39 is 9.84 Å². The quantitative estimate of drug-likeness (QED) is 0.483. The van der Waals surface area contributed by atoms with Crippen molar-refractivity contribution in [2.75, 3.05) is 26.2 Å². The first kappa shape index (κ1) is 21.1. The molecule has 172 valence electrons. The van der Waals surface area contributed by atoms with Crippen LogP contribution in [0.5, 0.6) is 0 Å². The zero-order valence-electron chi connectivity index (χ0n) is 18.5. The standard InChI is InChI=1S/C26H24N4O3S/c31-26(22-15-27-16-23-20(22)9-10-28-23)30-13-11-29(12-14-30)25-19-6-2-1-5-18(19)17-34(32,33)24-8-4-3-7-21(24)25/h1-10,15-16,25,28H,11-14,17H2. The number of fused-ring (bicyclic) bond motifs is 3. The predicted octanol–water partition coefficient (Wildman–Crippen LogP) is 3.40. The van der Waals surface area contributed by atoms with Gasteiger partial charge in [0.15, 0.2) is 9.84 Å². The third kappa shape index (κ3) is 3.41. The average molecular weight is 473 g/mol. The minimum atomic E-state index is -3.44. The van der Waals surface area contributed by atoms with Crippen LogP contribution in [0.2, 0.25) is 0 Å². The number of nitrogens with zero attached hydrogens (tertiary/aromatic N) is 3. The number of rotatable bonds is 2. The number of aromatic amines is 1. The Morgan fingerprint density at radius 1 is 0.912 bits per heavy atom. The Kier molecular flexibility index (Phi) is 5.00. The van der Waals surface area contributed by atoms with Crippen molar-refractivity contribution in [1.29, 1.82) is 0 Å². The molecular formula is C26H24N4O3S. The first-order valence-corrected chi connectivity index (χ1v) is 13.0. The lowest BCUT2D eigenvalue weighted by molar-refractivity contribution is 0.0597.